The Morgan fingerprint density at radius 3 is 2.31 bits per heavy atom. The van der Waals surface area contributed by atoms with E-state index in [9.17, 15) is 4.79 Å². The summed E-state index contributed by atoms with van der Waals surface area (Å²) in [6.45, 7) is 7.72. The Morgan fingerprint density at radius 2 is 1.69 bits per heavy atom. The third kappa shape index (κ3) is 7.54. The fourth-order valence-corrected chi connectivity index (χ4v) is 4.23. The first-order valence-electron chi connectivity index (χ1n) is 13.0. The zero-order valence-electron chi connectivity index (χ0n) is 22.9. The van der Waals surface area contributed by atoms with Crippen LogP contribution in [0.4, 0.5) is 4.39 Å². The minimum Gasteiger partial charge on any atom is -0.465 e. The van der Waals surface area contributed by atoms with Gasteiger partial charge in [0.25, 0.3) is 0 Å². The van der Waals surface area contributed by atoms with Crippen molar-refractivity contribution in [1.82, 2.24) is 5.32 Å². The molecule has 0 saturated carbocycles. The Labute approximate surface area is 230 Å². The molecular weight excluding hydrogens is 489 g/mol. The van der Waals surface area contributed by atoms with Gasteiger partial charge in [-0.25, -0.2) is 9.18 Å². The molecule has 0 fully saturated rings. The molecule has 4 aromatic carbocycles. The molecule has 0 saturated heterocycles. The Hall–Kier alpha value is -3.98. The van der Waals surface area contributed by atoms with Crippen molar-refractivity contribution < 1.29 is 18.7 Å². The highest BCUT2D eigenvalue weighted by Gasteiger charge is 2.16. The Bertz CT molecular complexity index is 1360. The van der Waals surface area contributed by atoms with Crippen LogP contribution in [0, 0.1) is 17.9 Å². The molecule has 1 N–H and O–H groups in total. The molecule has 0 spiro atoms. The first-order valence-corrected chi connectivity index (χ1v) is 13.0. The maximum Gasteiger partial charge on any atom is 0.337 e. The molecule has 39 heavy (non-hydrogen) atoms. The lowest BCUT2D eigenvalue weighted by Gasteiger charge is -2.19. The van der Waals surface area contributed by atoms with Crippen LogP contribution in [-0.2, 0) is 28.0 Å². The van der Waals surface area contributed by atoms with Gasteiger partial charge in [-0.05, 0) is 58.0 Å². The SMILES string of the molecule is COC(=O)c1ccc(CNC[C@H](OCc2ccc(-c3ccc(C(C)(C)C)cc3)cc2F)c2c#cccc2)cc1. The smallest absolute Gasteiger partial charge is 0.337 e. The normalized spacial score (nSPS) is 12.0. The highest BCUT2D eigenvalue weighted by molar-refractivity contribution is 5.89. The Morgan fingerprint density at radius 1 is 0.974 bits per heavy atom. The van der Waals surface area contributed by atoms with Crippen molar-refractivity contribution in [3.05, 3.63) is 131 Å². The van der Waals surface area contributed by atoms with Crippen LogP contribution in [0.2, 0.25) is 0 Å². The number of methoxy groups -OCH3 is 1. The maximum absolute atomic E-state index is 15.1. The van der Waals surface area contributed by atoms with E-state index in [4.69, 9.17) is 9.47 Å². The molecule has 0 aliphatic carbocycles. The van der Waals surface area contributed by atoms with Crippen LogP contribution < -0.4 is 5.32 Å². The standard InChI is InChI=1S/C34H34FNO3/c1-34(2,3)30-18-16-25(17-19-30)28-14-15-29(31(35)20-28)23-39-32(26-8-6-5-7-9-26)22-36-21-24-10-12-27(13-11-24)33(37)38-4/h5-6,8,10-20,32,36H,21-23H2,1-4H3/t32-/m0/s1. The van der Waals surface area contributed by atoms with Crippen molar-refractivity contribution >= 4 is 5.97 Å². The molecule has 0 amide bonds. The van der Waals surface area contributed by atoms with Gasteiger partial charge in [0.05, 0.1) is 19.3 Å². The number of rotatable bonds is 10. The summed E-state index contributed by atoms with van der Waals surface area (Å²) < 4.78 is 26.0. The lowest BCUT2D eigenvalue weighted by atomic mass is 9.86. The van der Waals surface area contributed by atoms with Crippen molar-refractivity contribution in [2.24, 2.45) is 0 Å². The van der Waals surface area contributed by atoms with Crippen LogP contribution in [0.15, 0.2) is 84.9 Å². The van der Waals surface area contributed by atoms with Gasteiger partial charge >= 0.3 is 5.97 Å². The number of hydrogen-bond acceptors (Lipinski definition) is 4. The third-order valence-electron chi connectivity index (χ3n) is 6.63. The van der Waals surface area contributed by atoms with Gasteiger partial charge in [0.1, 0.15) is 11.9 Å². The molecule has 1 atom stereocenters. The van der Waals surface area contributed by atoms with Gasteiger partial charge in [-0.15, -0.1) is 0 Å². The third-order valence-corrected chi connectivity index (χ3v) is 6.63. The van der Waals surface area contributed by atoms with Crippen molar-refractivity contribution in [2.45, 2.75) is 45.4 Å². The zero-order valence-corrected chi connectivity index (χ0v) is 22.9. The molecule has 0 aliphatic heterocycles. The molecule has 200 valence electrons. The van der Waals surface area contributed by atoms with Gasteiger partial charge < -0.3 is 14.8 Å². The summed E-state index contributed by atoms with van der Waals surface area (Å²) in [4.78, 5) is 11.6. The van der Waals surface area contributed by atoms with Gasteiger partial charge in [0, 0.05) is 24.2 Å². The number of hydrogen-bond donors (Lipinski definition) is 1. The van der Waals surface area contributed by atoms with Crippen LogP contribution in [0.25, 0.3) is 11.1 Å². The van der Waals surface area contributed by atoms with E-state index in [1.165, 1.54) is 12.7 Å². The predicted molar refractivity (Wildman–Crippen MR) is 152 cm³/mol. The van der Waals surface area contributed by atoms with Crippen LogP contribution in [0.5, 0.6) is 0 Å². The number of nitrogens with one attached hydrogen (secondary N) is 1. The fourth-order valence-electron chi connectivity index (χ4n) is 4.23. The summed E-state index contributed by atoms with van der Waals surface area (Å²) in [6.07, 6.45) is -0.346. The lowest BCUT2D eigenvalue weighted by molar-refractivity contribution is 0.0380. The van der Waals surface area contributed by atoms with Crippen LogP contribution in [0.3, 0.4) is 0 Å². The number of carbonyl (C=O) groups is 1. The van der Waals surface area contributed by atoms with E-state index in [2.05, 4.69) is 50.4 Å². The monoisotopic (exact) mass is 523 g/mol. The second-order valence-corrected chi connectivity index (χ2v) is 10.5. The molecule has 0 radical (unpaired) electrons. The van der Waals surface area contributed by atoms with E-state index < -0.39 is 0 Å². The average molecular weight is 524 g/mol. The summed E-state index contributed by atoms with van der Waals surface area (Å²) in [5, 5.41) is 3.39. The van der Waals surface area contributed by atoms with Gasteiger partial charge in [-0.1, -0.05) is 87.5 Å². The molecule has 0 aliphatic rings. The number of carbonyl (C=O) groups excluding carboxylic acids is 1. The van der Waals surface area contributed by atoms with Gasteiger partial charge in [0.15, 0.2) is 0 Å². The number of benzene rings is 3. The van der Waals surface area contributed by atoms with E-state index in [0.29, 0.717) is 24.2 Å². The quantitative estimate of drug-likeness (QED) is 0.223. The summed E-state index contributed by atoms with van der Waals surface area (Å²) >= 11 is 0. The highest BCUT2D eigenvalue weighted by Crippen LogP contribution is 2.28. The molecular formula is C34H34FNO3. The molecule has 4 nitrogen and oxygen atoms in total. The van der Waals surface area contributed by atoms with Gasteiger partial charge in [0.2, 0.25) is 0 Å². The number of ether oxygens (including phenoxy) is 2. The first-order chi connectivity index (χ1) is 18.7. The minimum absolute atomic E-state index is 0.0689. The molecule has 0 bridgehead atoms. The zero-order chi connectivity index (χ0) is 27.8. The maximum atomic E-state index is 15.1. The van der Waals surface area contributed by atoms with E-state index in [1.807, 2.05) is 42.5 Å². The molecule has 0 heterocycles. The molecule has 5 heteroatoms. The molecule has 0 aromatic heterocycles. The molecule has 0 unspecified atom stereocenters. The summed E-state index contributed by atoms with van der Waals surface area (Å²) in [6, 6.07) is 32.5. The molecule has 4 aromatic rings. The Kier molecular flexibility index (Phi) is 9.14. The van der Waals surface area contributed by atoms with Crippen LogP contribution in [0.1, 0.15) is 59.5 Å². The second-order valence-electron chi connectivity index (χ2n) is 10.5. The largest absolute Gasteiger partial charge is 0.465 e. The average Bonchev–Trinajstić information content (AvgIpc) is 2.95. The first kappa shape index (κ1) is 28.0. The summed E-state index contributed by atoms with van der Waals surface area (Å²) in [5.41, 5.74) is 5.97. The number of halogens is 1. The topological polar surface area (TPSA) is 47.6 Å². The second kappa shape index (κ2) is 12.7. The fraction of sp³-hybridized carbons (Fsp3) is 0.265. The number of esters is 1. The van der Waals surface area contributed by atoms with Crippen molar-refractivity contribution in [2.75, 3.05) is 13.7 Å². The predicted octanol–water partition coefficient (Wildman–Crippen LogP) is 7.22. The van der Waals surface area contributed by atoms with Crippen LogP contribution >= 0.6 is 0 Å². The summed E-state index contributed by atoms with van der Waals surface area (Å²) in [5.74, 6) is -0.661. The molecule has 4 rings (SSSR count). The van der Waals surface area contributed by atoms with E-state index in [1.54, 1.807) is 30.3 Å². The summed E-state index contributed by atoms with van der Waals surface area (Å²) in [7, 11) is 1.36. The minimum atomic E-state index is -0.363. The van der Waals surface area contributed by atoms with Gasteiger partial charge in [-0.2, -0.15) is 0 Å². The lowest BCUT2D eigenvalue weighted by Crippen LogP contribution is -2.23. The van der Waals surface area contributed by atoms with Crippen molar-refractivity contribution in [3.8, 4) is 11.1 Å². The van der Waals surface area contributed by atoms with Crippen molar-refractivity contribution in [1.29, 1.82) is 0 Å². The van der Waals surface area contributed by atoms with Crippen molar-refractivity contribution in [3.63, 3.8) is 0 Å². The van der Waals surface area contributed by atoms with E-state index in [0.717, 1.165) is 22.3 Å². The van der Waals surface area contributed by atoms with E-state index in [-0.39, 0.29) is 29.9 Å². The van der Waals surface area contributed by atoms with E-state index >= 15 is 4.39 Å². The van der Waals surface area contributed by atoms with Gasteiger partial charge in [-0.3, -0.25) is 0 Å². The van der Waals surface area contributed by atoms with Crippen LogP contribution in [-0.4, -0.2) is 19.6 Å². The highest BCUT2D eigenvalue weighted by atomic mass is 19.1. The Balaban J connectivity index is 1.40.